The maximum Gasteiger partial charge on any atom is 0.379 e. The molecule has 0 aromatic carbocycles. The zero-order valence-electron chi connectivity index (χ0n) is 8.73. The second-order valence-corrected chi connectivity index (χ2v) is 3.66. The van der Waals surface area contributed by atoms with Crippen molar-refractivity contribution >= 4 is 5.97 Å². The molecule has 0 amide bonds. The minimum absolute atomic E-state index is 0.0405. The summed E-state index contributed by atoms with van der Waals surface area (Å²) >= 11 is 0. The van der Waals surface area contributed by atoms with Crippen molar-refractivity contribution in [1.29, 1.82) is 0 Å². The lowest BCUT2D eigenvalue weighted by Gasteiger charge is -1.99. The Hall–Kier alpha value is -1.39. The first-order valence-electron chi connectivity index (χ1n) is 5.32. The minimum Gasteiger partial charge on any atom is -0.460 e. The van der Waals surface area contributed by atoms with E-state index in [0.29, 0.717) is 18.4 Å². The summed E-state index contributed by atoms with van der Waals surface area (Å²) in [5, 5.41) is 3.62. The van der Waals surface area contributed by atoms with Gasteiger partial charge in [-0.3, -0.25) is 0 Å². The Morgan fingerprint density at radius 2 is 2.27 bits per heavy atom. The Morgan fingerprint density at radius 3 is 2.93 bits per heavy atom. The number of carbonyl (C=O) groups excluding carboxylic acids is 1. The molecule has 1 aromatic rings. The summed E-state index contributed by atoms with van der Waals surface area (Å²) in [5.74, 6) is 0.445. The highest BCUT2D eigenvalue weighted by atomic mass is 16.5. The molecule has 0 unspecified atom stereocenters. The number of hydrogen-bond donors (Lipinski definition) is 0. The normalized spacial score (nSPS) is 16.9. The van der Waals surface area contributed by atoms with Crippen molar-refractivity contribution in [2.45, 2.75) is 38.5 Å². The molecule has 0 N–H and O–H groups in total. The van der Waals surface area contributed by atoms with Crippen molar-refractivity contribution in [3.05, 3.63) is 11.7 Å². The molecule has 1 aliphatic carbocycles. The van der Waals surface area contributed by atoms with E-state index < -0.39 is 5.97 Å². The van der Waals surface area contributed by atoms with Gasteiger partial charge < -0.3 is 9.26 Å². The van der Waals surface area contributed by atoms with Crippen LogP contribution >= 0.6 is 0 Å². The molecule has 5 heteroatoms. The zero-order chi connectivity index (χ0) is 10.7. The SMILES string of the molecule is CCOC(=O)c1noc(C2CCCC2)n1. The van der Waals surface area contributed by atoms with E-state index in [4.69, 9.17) is 9.26 Å². The van der Waals surface area contributed by atoms with E-state index in [-0.39, 0.29) is 5.82 Å². The summed E-state index contributed by atoms with van der Waals surface area (Å²) in [5.41, 5.74) is 0. The Balaban J connectivity index is 2.06. The fourth-order valence-electron chi connectivity index (χ4n) is 1.85. The molecule has 0 saturated heterocycles. The molecule has 1 aliphatic rings. The minimum atomic E-state index is -0.509. The van der Waals surface area contributed by atoms with E-state index in [1.807, 2.05) is 0 Å². The van der Waals surface area contributed by atoms with Gasteiger partial charge in [0.1, 0.15) is 0 Å². The van der Waals surface area contributed by atoms with Gasteiger partial charge in [0, 0.05) is 5.92 Å². The highest BCUT2D eigenvalue weighted by Gasteiger charge is 2.24. The number of hydrogen-bond acceptors (Lipinski definition) is 5. The van der Waals surface area contributed by atoms with Crippen molar-refractivity contribution in [3.63, 3.8) is 0 Å². The van der Waals surface area contributed by atoms with Gasteiger partial charge >= 0.3 is 5.97 Å². The predicted octanol–water partition coefficient (Wildman–Crippen LogP) is 1.90. The van der Waals surface area contributed by atoms with E-state index in [1.165, 1.54) is 12.8 Å². The van der Waals surface area contributed by atoms with Crippen LogP contribution in [-0.4, -0.2) is 22.7 Å². The van der Waals surface area contributed by atoms with Gasteiger partial charge in [0.25, 0.3) is 5.82 Å². The molecular weight excluding hydrogens is 196 g/mol. The summed E-state index contributed by atoms with van der Waals surface area (Å²) in [4.78, 5) is 15.3. The quantitative estimate of drug-likeness (QED) is 0.713. The van der Waals surface area contributed by atoms with Crippen molar-refractivity contribution in [1.82, 2.24) is 10.1 Å². The van der Waals surface area contributed by atoms with Crippen LogP contribution in [0.1, 0.15) is 55.0 Å². The summed E-state index contributed by atoms with van der Waals surface area (Å²) in [6, 6.07) is 0. The Bertz CT molecular complexity index is 342. The van der Waals surface area contributed by atoms with Gasteiger partial charge in [-0.25, -0.2) is 4.79 Å². The van der Waals surface area contributed by atoms with Crippen LogP contribution in [0.5, 0.6) is 0 Å². The van der Waals surface area contributed by atoms with Gasteiger partial charge in [0.05, 0.1) is 6.61 Å². The fourth-order valence-corrected chi connectivity index (χ4v) is 1.85. The average Bonchev–Trinajstić information content (AvgIpc) is 2.89. The molecule has 0 aliphatic heterocycles. The van der Waals surface area contributed by atoms with Gasteiger partial charge in [-0.1, -0.05) is 12.8 Å². The van der Waals surface area contributed by atoms with Crippen LogP contribution in [0.15, 0.2) is 4.52 Å². The van der Waals surface area contributed by atoms with Gasteiger partial charge in [0.15, 0.2) is 0 Å². The summed E-state index contributed by atoms with van der Waals surface area (Å²) in [6.07, 6.45) is 4.54. The standard InChI is InChI=1S/C10H14N2O3/c1-2-14-10(13)8-11-9(15-12-8)7-5-3-4-6-7/h7H,2-6H2,1H3. The molecule has 82 valence electrons. The van der Waals surface area contributed by atoms with Crippen molar-refractivity contribution in [2.75, 3.05) is 6.61 Å². The molecule has 1 heterocycles. The molecule has 15 heavy (non-hydrogen) atoms. The number of ether oxygens (including phenoxy) is 1. The highest BCUT2D eigenvalue weighted by Crippen LogP contribution is 2.32. The van der Waals surface area contributed by atoms with E-state index >= 15 is 0 Å². The van der Waals surface area contributed by atoms with Crippen molar-refractivity contribution in [3.8, 4) is 0 Å². The maximum absolute atomic E-state index is 11.3. The van der Waals surface area contributed by atoms with E-state index in [0.717, 1.165) is 12.8 Å². The monoisotopic (exact) mass is 210 g/mol. The van der Waals surface area contributed by atoms with Crippen LogP contribution in [0.25, 0.3) is 0 Å². The van der Waals surface area contributed by atoms with Crippen LogP contribution in [0.3, 0.4) is 0 Å². The molecule has 0 radical (unpaired) electrons. The van der Waals surface area contributed by atoms with Crippen LogP contribution < -0.4 is 0 Å². The number of carbonyl (C=O) groups is 1. The zero-order valence-corrected chi connectivity index (χ0v) is 8.73. The van der Waals surface area contributed by atoms with Crippen LogP contribution in [0.2, 0.25) is 0 Å². The van der Waals surface area contributed by atoms with E-state index in [9.17, 15) is 4.79 Å². The third-order valence-electron chi connectivity index (χ3n) is 2.60. The smallest absolute Gasteiger partial charge is 0.379 e. The van der Waals surface area contributed by atoms with Crippen LogP contribution in [-0.2, 0) is 4.74 Å². The molecule has 0 spiro atoms. The number of nitrogens with zero attached hydrogens (tertiary/aromatic N) is 2. The summed E-state index contributed by atoms with van der Waals surface area (Å²) < 4.78 is 9.83. The topological polar surface area (TPSA) is 65.2 Å². The molecule has 0 atom stereocenters. The molecule has 1 saturated carbocycles. The lowest BCUT2D eigenvalue weighted by atomic mass is 10.1. The van der Waals surface area contributed by atoms with Crippen molar-refractivity contribution in [2.24, 2.45) is 0 Å². The molecule has 0 bridgehead atoms. The fraction of sp³-hybridized carbons (Fsp3) is 0.700. The first-order valence-corrected chi connectivity index (χ1v) is 5.32. The lowest BCUT2D eigenvalue weighted by Crippen LogP contribution is -2.07. The molecule has 5 nitrogen and oxygen atoms in total. The van der Waals surface area contributed by atoms with Gasteiger partial charge in [-0.15, -0.1) is 0 Å². The van der Waals surface area contributed by atoms with Gasteiger partial charge in [-0.2, -0.15) is 4.98 Å². The number of esters is 1. The van der Waals surface area contributed by atoms with E-state index in [2.05, 4.69) is 10.1 Å². The lowest BCUT2D eigenvalue weighted by molar-refractivity contribution is 0.0508. The van der Waals surface area contributed by atoms with E-state index in [1.54, 1.807) is 6.92 Å². The predicted molar refractivity (Wildman–Crippen MR) is 51.5 cm³/mol. The first kappa shape index (κ1) is 10.1. The number of aromatic nitrogens is 2. The Kier molecular flexibility index (Phi) is 2.99. The molecule has 1 fully saturated rings. The largest absolute Gasteiger partial charge is 0.460 e. The van der Waals surface area contributed by atoms with Crippen LogP contribution in [0, 0.1) is 0 Å². The van der Waals surface area contributed by atoms with Gasteiger partial charge in [-0.05, 0) is 24.9 Å². The number of rotatable bonds is 3. The molecular formula is C10H14N2O3. The second kappa shape index (κ2) is 4.42. The maximum atomic E-state index is 11.3. The Morgan fingerprint density at radius 1 is 1.53 bits per heavy atom. The molecule has 2 rings (SSSR count). The highest BCUT2D eigenvalue weighted by molar-refractivity contribution is 5.84. The van der Waals surface area contributed by atoms with Crippen LogP contribution in [0.4, 0.5) is 0 Å². The third kappa shape index (κ3) is 2.16. The Labute approximate surface area is 87.8 Å². The van der Waals surface area contributed by atoms with Gasteiger partial charge in [0.2, 0.25) is 5.89 Å². The second-order valence-electron chi connectivity index (χ2n) is 3.66. The first-order chi connectivity index (χ1) is 7.31. The average molecular weight is 210 g/mol. The summed E-state index contributed by atoms with van der Waals surface area (Å²) in [7, 11) is 0. The van der Waals surface area contributed by atoms with Crippen molar-refractivity contribution < 1.29 is 14.1 Å². The summed E-state index contributed by atoms with van der Waals surface area (Å²) in [6.45, 7) is 2.07. The third-order valence-corrected chi connectivity index (χ3v) is 2.60. The molecule has 1 aromatic heterocycles.